The molecule has 0 amide bonds. The molecule has 1 aromatic carbocycles. The van der Waals surface area contributed by atoms with Gasteiger partial charge in [0.2, 0.25) is 5.82 Å². The third-order valence-corrected chi connectivity index (χ3v) is 2.86. The summed E-state index contributed by atoms with van der Waals surface area (Å²) >= 11 is 0. The number of aliphatic imine (C=N–C) groups is 1. The zero-order valence-electron chi connectivity index (χ0n) is 12.5. The Labute approximate surface area is 131 Å². The summed E-state index contributed by atoms with van der Waals surface area (Å²) in [4.78, 5) is 18.2. The van der Waals surface area contributed by atoms with Crippen LogP contribution in [0.15, 0.2) is 41.5 Å². The Balaban J connectivity index is 2.32. The summed E-state index contributed by atoms with van der Waals surface area (Å²) in [5, 5.41) is 13.8. The van der Waals surface area contributed by atoms with Crippen molar-refractivity contribution in [2.24, 2.45) is 10.7 Å². The zero-order valence-corrected chi connectivity index (χ0v) is 12.5. The third-order valence-electron chi connectivity index (χ3n) is 2.86. The van der Waals surface area contributed by atoms with Crippen LogP contribution in [0.4, 0.5) is 17.2 Å². The minimum absolute atomic E-state index is 0.0710. The van der Waals surface area contributed by atoms with Crippen molar-refractivity contribution in [2.45, 2.75) is 0 Å². The molecule has 0 saturated carbocycles. The van der Waals surface area contributed by atoms with E-state index in [9.17, 15) is 10.1 Å². The van der Waals surface area contributed by atoms with E-state index in [0.717, 1.165) is 0 Å². The maximum absolute atomic E-state index is 10.9. The van der Waals surface area contributed by atoms with Crippen LogP contribution in [0, 0.1) is 10.1 Å². The van der Waals surface area contributed by atoms with Gasteiger partial charge in [0.25, 0.3) is 0 Å². The third kappa shape index (κ3) is 3.84. The summed E-state index contributed by atoms with van der Waals surface area (Å²) in [5.74, 6) is 0.937. The highest BCUT2D eigenvalue weighted by Gasteiger charge is 2.14. The number of benzene rings is 1. The second-order valence-electron chi connectivity index (χ2n) is 4.29. The molecule has 0 saturated heterocycles. The van der Waals surface area contributed by atoms with Crippen molar-refractivity contribution in [3.05, 3.63) is 46.6 Å². The van der Waals surface area contributed by atoms with Crippen molar-refractivity contribution in [1.29, 1.82) is 0 Å². The van der Waals surface area contributed by atoms with Crippen LogP contribution >= 0.6 is 0 Å². The van der Waals surface area contributed by atoms with Crippen LogP contribution in [-0.4, -0.2) is 30.1 Å². The van der Waals surface area contributed by atoms with Crippen molar-refractivity contribution in [1.82, 2.24) is 4.98 Å². The van der Waals surface area contributed by atoms with Crippen LogP contribution in [0.3, 0.4) is 0 Å². The molecule has 23 heavy (non-hydrogen) atoms. The molecule has 0 aliphatic rings. The number of aromatic nitrogens is 1. The van der Waals surface area contributed by atoms with Crippen LogP contribution in [0.2, 0.25) is 0 Å². The molecule has 3 N–H and O–H groups in total. The molecule has 0 spiro atoms. The van der Waals surface area contributed by atoms with Gasteiger partial charge < -0.3 is 20.5 Å². The van der Waals surface area contributed by atoms with Gasteiger partial charge in [-0.15, -0.1) is 0 Å². The quantitative estimate of drug-likeness (QED) is 0.374. The molecule has 0 radical (unpaired) electrons. The highest BCUT2D eigenvalue weighted by Crippen LogP contribution is 2.29. The van der Waals surface area contributed by atoms with Gasteiger partial charge in [0, 0.05) is 18.3 Å². The molecule has 0 aliphatic carbocycles. The SMILES string of the molecule is COc1ccc(OC)c(NC(N)=Nc2ncccc2[N+](=O)[O-])c1. The molecule has 9 nitrogen and oxygen atoms in total. The van der Waals surface area contributed by atoms with Crippen LogP contribution in [0.1, 0.15) is 0 Å². The fraction of sp³-hybridized carbons (Fsp3) is 0.143. The van der Waals surface area contributed by atoms with Gasteiger partial charge in [0.05, 0.1) is 24.8 Å². The molecule has 9 heteroatoms. The van der Waals surface area contributed by atoms with E-state index >= 15 is 0 Å². The lowest BCUT2D eigenvalue weighted by molar-refractivity contribution is -0.384. The second-order valence-corrected chi connectivity index (χ2v) is 4.29. The summed E-state index contributed by atoms with van der Waals surface area (Å²) in [6.07, 6.45) is 1.39. The molecule has 0 atom stereocenters. The Morgan fingerprint density at radius 1 is 1.35 bits per heavy atom. The molecule has 1 aromatic heterocycles. The van der Waals surface area contributed by atoms with Gasteiger partial charge in [-0.05, 0) is 18.2 Å². The van der Waals surface area contributed by atoms with E-state index in [1.807, 2.05) is 0 Å². The number of nitrogens with two attached hydrogens (primary N) is 1. The topological polar surface area (TPSA) is 125 Å². The van der Waals surface area contributed by atoms with Gasteiger partial charge in [0.15, 0.2) is 5.96 Å². The first-order chi connectivity index (χ1) is 11.0. The number of guanidine groups is 1. The van der Waals surface area contributed by atoms with Crippen LogP contribution in [0.25, 0.3) is 0 Å². The summed E-state index contributed by atoms with van der Waals surface area (Å²) in [5.41, 5.74) is 6.07. The lowest BCUT2D eigenvalue weighted by Gasteiger charge is -2.11. The molecule has 1 heterocycles. The first-order valence-electron chi connectivity index (χ1n) is 6.47. The molecule has 0 unspecified atom stereocenters. The van der Waals surface area contributed by atoms with Crippen molar-refractivity contribution in [3.63, 3.8) is 0 Å². The van der Waals surface area contributed by atoms with E-state index in [1.54, 1.807) is 18.2 Å². The summed E-state index contributed by atoms with van der Waals surface area (Å²) in [7, 11) is 3.03. The van der Waals surface area contributed by atoms with Crippen molar-refractivity contribution in [3.8, 4) is 11.5 Å². The van der Waals surface area contributed by atoms with E-state index in [-0.39, 0.29) is 17.5 Å². The van der Waals surface area contributed by atoms with E-state index in [2.05, 4.69) is 15.3 Å². The molecular weight excluding hydrogens is 302 g/mol. The highest BCUT2D eigenvalue weighted by atomic mass is 16.6. The van der Waals surface area contributed by atoms with E-state index < -0.39 is 4.92 Å². The average Bonchev–Trinajstić information content (AvgIpc) is 2.55. The Bertz CT molecular complexity index is 748. The number of methoxy groups -OCH3 is 2. The van der Waals surface area contributed by atoms with Gasteiger partial charge >= 0.3 is 5.69 Å². The van der Waals surface area contributed by atoms with Crippen molar-refractivity contribution < 1.29 is 14.4 Å². The first-order valence-corrected chi connectivity index (χ1v) is 6.47. The fourth-order valence-electron chi connectivity index (χ4n) is 1.81. The predicted octanol–water partition coefficient (Wildman–Crippen LogP) is 2.07. The number of hydrogen-bond acceptors (Lipinski definition) is 6. The van der Waals surface area contributed by atoms with E-state index in [4.69, 9.17) is 15.2 Å². The molecule has 0 fully saturated rings. The lowest BCUT2D eigenvalue weighted by atomic mass is 10.2. The molecule has 120 valence electrons. The fourth-order valence-corrected chi connectivity index (χ4v) is 1.81. The standard InChI is InChI=1S/C14H15N5O4/c1-22-9-5-6-12(23-2)10(8-9)17-14(15)18-13-11(19(20)21)4-3-7-16-13/h3-8H,1-2H3,(H3,15,16,17,18). The summed E-state index contributed by atoms with van der Waals surface area (Å²) in [6.45, 7) is 0. The number of nitro groups is 1. The van der Waals surface area contributed by atoms with Gasteiger partial charge in [-0.25, -0.2) is 4.98 Å². The Morgan fingerprint density at radius 2 is 2.13 bits per heavy atom. The highest BCUT2D eigenvalue weighted by molar-refractivity contribution is 5.95. The van der Waals surface area contributed by atoms with E-state index in [1.165, 1.54) is 32.5 Å². The number of ether oxygens (including phenoxy) is 2. The van der Waals surface area contributed by atoms with Gasteiger partial charge in [-0.3, -0.25) is 10.1 Å². The van der Waals surface area contributed by atoms with Gasteiger partial charge in [-0.1, -0.05) is 0 Å². The summed E-state index contributed by atoms with van der Waals surface area (Å²) in [6, 6.07) is 7.82. The summed E-state index contributed by atoms with van der Waals surface area (Å²) < 4.78 is 10.3. The van der Waals surface area contributed by atoms with Gasteiger partial charge in [0.1, 0.15) is 11.5 Å². The maximum Gasteiger partial charge on any atom is 0.313 e. The molecule has 0 aliphatic heterocycles. The minimum atomic E-state index is -0.578. The molecule has 0 bridgehead atoms. The molecule has 2 rings (SSSR count). The zero-order chi connectivity index (χ0) is 16.8. The number of anilines is 1. The number of nitrogens with zero attached hydrogens (tertiary/aromatic N) is 3. The monoisotopic (exact) mass is 317 g/mol. The van der Waals surface area contributed by atoms with Crippen LogP contribution in [-0.2, 0) is 0 Å². The molecular formula is C14H15N5O4. The lowest BCUT2D eigenvalue weighted by Crippen LogP contribution is -2.22. The predicted molar refractivity (Wildman–Crippen MR) is 85.3 cm³/mol. The first kappa shape index (κ1) is 16.0. The normalized spacial score (nSPS) is 11.0. The number of hydrogen-bond donors (Lipinski definition) is 2. The van der Waals surface area contributed by atoms with Gasteiger partial charge in [-0.2, -0.15) is 4.99 Å². The van der Waals surface area contributed by atoms with Crippen LogP contribution < -0.4 is 20.5 Å². The Morgan fingerprint density at radius 3 is 2.78 bits per heavy atom. The Kier molecular flexibility index (Phi) is 4.92. The maximum atomic E-state index is 10.9. The second kappa shape index (κ2) is 7.07. The van der Waals surface area contributed by atoms with E-state index in [0.29, 0.717) is 17.2 Å². The minimum Gasteiger partial charge on any atom is -0.497 e. The smallest absolute Gasteiger partial charge is 0.313 e. The Hall–Kier alpha value is -3.36. The number of rotatable bonds is 5. The number of nitrogens with one attached hydrogen (secondary N) is 1. The molecule has 2 aromatic rings. The number of pyridine rings is 1. The average molecular weight is 317 g/mol. The van der Waals surface area contributed by atoms with Crippen molar-refractivity contribution >= 4 is 23.2 Å². The largest absolute Gasteiger partial charge is 0.497 e. The van der Waals surface area contributed by atoms with Crippen molar-refractivity contribution in [2.75, 3.05) is 19.5 Å². The van der Waals surface area contributed by atoms with Crippen LogP contribution in [0.5, 0.6) is 11.5 Å².